The Hall–Kier alpha value is -1.08. The second-order valence-electron chi connectivity index (χ2n) is 9.21. The second kappa shape index (κ2) is 10.0. The van der Waals surface area contributed by atoms with Gasteiger partial charge < -0.3 is 29.6 Å². The molecular formula is C28H31Cl2OZr. The van der Waals surface area contributed by atoms with E-state index < -0.39 is 5.41 Å². The molecule has 0 fully saturated rings. The molecule has 1 nitrogen and oxygen atoms in total. The van der Waals surface area contributed by atoms with Crippen LogP contribution in [0.1, 0.15) is 62.6 Å². The van der Waals surface area contributed by atoms with Crippen LogP contribution in [-0.4, -0.2) is 5.78 Å². The van der Waals surface area contributed by atoms with Gasteiger partial charge in [0.05, 0.1) is 0 Å². The van der Waals surface area contributed by atoms with Gasteiger partial charge in [-0.15, -0.1) is 33.2 Å². The molecular weight excluding hydrogens is 514 g/mol. The van der Waals surface area contributed by atoms with Gasteiger partial charge in [-0.2, -0.15) is 0 Å². The maximum absolute atomic E-state index is 13.9. The van der Waals surface area contributed by atoms with Gasteiger partial charge in [-0.1, -0.05) is 64.6 Å². The van der Waals surface area contributed by atoms with Crippen LogP contribution in [0.5, 0.6) is 0 Å². The van der Waals surface area contributed by atoms with Crippen LogP contribution in [0, 0.1) is 53.9 Å². The molecule has 0 N–H and O–H groups in total. The number of fused-ring (bicyclic) bond motifs is 3. The van der Waals surface area contributed by atoms with Crippen molar-refractivity contribution in [3.8, 4) is 0 Å². The Kier molecular flexibility index (Phi) is 9.09. The fraction of sp³-hybridized carbons (Fsp3) is 0.357. The van der Waals surface area contributed by atoms with E-state index in [4.69, 9.17) is 0 Å². The molecule has 0 aromatic heterocycles. The number of Topliss-reactive ketones (excluding diaryl/α,β-unsaturated/α-hetero) is 1. The van der Waals surface area contributed by atoms with E-state index in [0.717, 1.165) is 22.9 Å². The summed E-state index contributed by atoms with van der Waals surface area (Å²) in [5.41, 5.74) is 9.50. The number of ketones is 1. The van der Waals surface area contributed by atoms with Crippen molar-refractivity contribution >= 4 is 27.3 Å². The van der Waals surface area contributed by atoms with Gasteiger partial charge in [0.1, 0.15) is 5.78 Å². The van der Waals surface area contributed by atoms with Gasteiger partial charge in [0.2, 0.25) is 0 Å². The summed E-state index contributed by atoms with van der Waals surface area (Å²) in [6, 6.07) is 2.29. The molecule has 1 radical (unpaired) electrons. The molecule has 0 amide bonds. The minimum Gasteiger partial charge on any atom is -1.00 e. The first-order chi connectivity index (χ1) is 13.6. The average Bonchev–Trinajstić information content (AvgIpc) is 3.10. The van der Waals surface area contributed by atoms with E-state index in [1.165, 1.54) is 49.5 Å². The fourth-order valence-corrected chi connectivity index (χ4v) is 5.11. The summed E-state index contributed by atoms with van der Waals surface area (Å²) in [4.78, 5) is 13.9. The van der Waals surface area contributed by atoms with Crippen LogP contribution >= 0.6 is 0 Å². The molecule has 0 spiro atoms. The number of benzene rings is 2. The summed E-state index contributed by atoms with van der Waals surface area (Å²) >= 11 is 0. The van der Waals surface area contributed by atoms with Crippen molar-refractivity contribution in [3.63, 3.8) is 0 Å². The van der Waals surface area contributed by atoms with Crippen LogP contribution < -0.4 is 24.8 Å². The zero-order valence-corrected chi connectivity index (χ0v) is 24.2. The predicted molar refractivity (Wildman–Crippen MR) is 126 cm³/mol. The quantitative estimate of drug-likeness (QED) is 0.353. The van der Waals surface area contributed by atoms with E-state index in [0.29, 0.717) is 0 Å². The Morgan fingerprint density at radius 2 is 1.25 bits per heavy atom. The Balaban J connectivity index is 0.00000171. The third-order valence-corrected chi connectivity index (χ3v) is 7.69. The maximum Gasteiger partial charge on any atom is 3.00 e. The van der Waals surface area contributed by atoms with E-state index in [9.17, 15) is 4.79 Å². The van der Waals surface area contributed by atoms with E-state index in [-0.39, 0.29) is 56.8 Å². The maximum atomic E-state index is 13.9. The molecule has 167 valence electrons. The Labute approximate surface area is 224 Å². The van der Waals surface area contributed by atoms with Gasteiger partial charge in [0, 0.05) is 5.41 Å². The van der Waals surface area contributed by atoms with Gasteiger partial charge in [0.25, 0.3) is 0 Å². The van der Waals surface area contributed by atoms with Crippen molar-refractivity contribution in [2.75, 3.05) is 0 Å². The molecule has 0 bridgehead atoms. The first-order valence-corrected chi connectivity index (χ1v) is 10.6. The summed E-state index contributed by atoms with van der Waals surface area (Å²) in [7, 11) is 0. The summed E-state index contributed by atoms with van der Waals surface area (Å²) in [6.07, 6.45) is 8.98. The number of rotatable bonds is 2. The van der Waals surface area contributed by atoms with E-state index in [2.05, 4.69) is 73.6 Å². The van der Waals surface area contributed by atoms with E-state index in [1.54, 1.807) is 0 Å². The molecule has 1 aliphatic carbocycles. The van der Waals surface area contributed by atoms with Crippen molar-refractivity contribution in [1.82, 2.24) is 0 Å². The second-order valence-corrected chi connectivity index (χ2v) is 9.21. The first-order valence-electron chi connectivity index (χ1n) is 10.6. The number of hydrogen-bond acceptors (Lipinski definition) is 1. The molecule has 4 rings (SSSR count). The average molecular weight is 546 g/mol. The number of allylic oxidation sites excluding steroid dienone is 4. The largest absolute Gasteiger partial charge is 3.00 e. The molecule has 32 heavy (non-hydrogen) atoms. The molecule has 0 heterocycles. The Bertz CT molecular complexity index is 1280. The van der Waals surface area contributed by atoms with Crippen molar-refractivity contribution in [3.05, 3.63) is 74.9 Å². The molecule has 0 saturated carbocycles. The fourth-order valence-electron chi connectivity index (χ4n) is 5.11. The summed E-state index contributed by atoms with van der Waals surface area (Å²) in [5, 5.41) is 5.03. The minimum atomic E-state index is -0.479. The molecule has 1 unspecified atom stereocenters. The number of hydrogen-bond donors (Lipinski definition) is 0. The standard InChI is InChI=1S/C28H31O.2ClH.Zr/c1-15-16(2)19(5)24-22(18(15)4)14-23-25(24)20(6)17(3)21(7)26(23)27(29)28(8)12-10-9-11-13-28;;;/h9-12,14H,13H2,1-8H3;2*1H;/q-1;;;+3/p-2. The topological polar surface area (TPSA) is 17.1 Å². The van der Waals surface area contributed by atoms with Crippen molar-refractivity contribution in [2.24, 2.45) is 5.41 Å². The van der Waals surface area contributed by atoms with Crippen LogP contribution in [0.4, 0.5) is 0 Å². The van der Waals surface area contributed by atoms with Crippen LogP contribution in [-0.2, 0) is 26.2 Å². The third-order valence-electron chi connectivity index (χ3n) is 7.69. The molecule has 3 aromatic carbocycles. The zero-order valence-electron chi connectivity index (χ0n) is 20.3. The number of carbonyl (C=O) groups excluding carboxylic acids is 1. The minimum absolute atomic E-state index is 0. The zero-order chi connectivity index (χ0) is 21.2. The van der Waals surface area contributed by atoms with Crippen LogP contribution in [0.25, 0.3) is 21.5 Å². The van der Waals surface area contributed by atoms with Crippen molar-refractivity contribution in [1.29, 1.82) is 0 Å². The van der Waals surface area contributed by atoms with Crippen molar-refractivity contribution < 1.29 is 55.8 Å². The SMILES string of the molecule is Cc1c(C)c(C)c2c([cH-]c3c(C(=O)C4(C)C=CC=CC4)c(C)c(C)c(C)c32)c1C.[Cl-].[Cl-].[Zr+3]. The Morgan fingerprint density at radius 1 is 0.750 bits per heavy atom. The number of carbonyl (C=O) groups is 1. The van der Waals surface area contributed by atoms with Gasteiger partial charge in [0.15, 0.2) is 0 Å². The molecule has 0 aliphatic heterocycles. The monoisotopic (exact) mass is 543 g/mol. The van der Waals surface area contributed by atoms with E-state index in [1.807, 2.05) is 12.2 Å². The van der Waals surface area contributed by atoms with Gasteiger partial charge in [-0.3, -0.25) is 0 Å². The van der Waals surface area contributed by atoms with Crippen LogP contribution in [0.2, 0.25) is 0 Å². The molecule has 1 aliphatic rings. The van der Waals surface area contributed by atoms with E-state index >= 15 is 0 Å². The molecule has 4 heteroatoms. The normalized spacial score (nSPS) is 17.1. The predicted octanol–water partition coefficient (Wildman–Crippen LogP) is 1.58. The number of halogens is 2. The van der Waals surface area contributed by atoms with Gasteiger partial charge in [-0.25, -0.2) is 0 Å². The molecule has 1 atom stereocenters. The van der Waals surface area contributed by atoms with Crippen molar-refractivity contribution in [2.45, 2.75) is 61.8 Å². The Morgan fingerprint density at radius 3 is 1.78 bits per heavy atom. The van der Waals surface area contributed by atoms with Gasteiger partial charge >= 0.3 is 26.2 Å². The van der Waals surface area contributed by atoms with Crippen LogP contribution in [0.15, 0.2) is 30.4 Å². The number of aryl methyl sites for hydroxylation is 3. The third kappa shape index (κ3) is 4.02. The summed E-state index contributed by atoms with van der Waals surface area (Å²) in [6.45, 7) is 17.5. The summed E-state index contributed by atoms with van der Waals surface area (Å²) < 4.78 is 0. The smallest absolute Gasteiger partial charge is 1.00 e. The summed E-state index contributed by atoms with van der Waals surface area (Å²) in [5.74, 6) is 0.239. The van der Waals surface area contributed by atoms with Gasteiger partial charge in [-0.05, 0) is 60.5 Å². The van der Waals surface area contributed by atoms with Crippen LogP contribution in [0.3, 0.4) is 0 Å². The first kappa shape index (κ1) is 29.0. The molecule has 0 saturated heterocycles. The molecule has 3 aromatic rings.